The van der Waals surface area contributed by atoms with Gasteiger partial charge in [0.1, 0.15) is 5.76 Å². The summed E-state index contributed by atoms with van der Waals surface area (Å²) < 4.78 is 5.56. The largest absolute Gasteiger partial charge is 0.443 e. The normalized spacial score (nSPS) is 9.79. The van der Waals surface area contributed by atoms with Crippen molar-refractivity contribution in [2.45, 2.75) is 6.92 Å². The Kier molecular flexibility index (Phi) is 2.45. The minimum atomic E-state index is 0.654. The molecule has 0 saturated carbocycles. The minimum Gasteiger partial charge on any atom is -0.443 e. The molecule has 2 heteroatoms. The summed E-state index contributed by atoms with van der Waals surface area (Å²) >= 11 is 0. The molecule has 2 heterocycles. The first-order chi connectivity index (χ1) is 6.86. The Bertz CT molecular complexity index is 486. The van der Waals surface area contributed by atoms with Crippen molar-refractivity contribution in [3.8, 4) is 0 Å². The second-order valence-electron chi connectivity index (χ2n) is 3.02. The van der Waals surface area contributed by atoms with E-state index in [9.17, 15) is 0 Å². The molecule has 2 aromatic rings. The Hall–Kier alpha value is -1.83. The fourth-order valence-electron chi connectivity index (χ4n) is 1.22. The van der Waals surface area contributed by atoms with Crippen LogP contribution in [0.4, 0.5) is 0 Å². The predicted molar refractivity (Wildman–Crippen MR) is 56.4 cm³/mol. The third-order valence-corrected chi connectivity index (χ3v) is 1.89. The van der Waals surface area contributed by atoms with Crippen molar-refractivity contribution in [3.05, 3.63) is 54.4 Å². The zero-order valence-electron chi connectivity index (χ0n) is 7.97. The SMILES string of the molecule is Cc1cccccc2cccnc2o1. The van der Waals surface area contributed by atoms with Gasteiger partial charge in [0.15, 0.2) is 0 Å². The molecule has 0 unspecified atom stereocenters. The van der Waals surface area contributed by atoms with Crippen LogP contribution in [-0.4, -0.2) is 4.98 Å². The Labute approximate surface area is 82.5 Å². The van der Waals surface area contributed by atoms with Crippen molar-refractivity contribution in [1.29, 1.82) is 0 Å². The van der Waals surface area contributed by atoms with Crippen molar-refractivity contribution in [2.75, 3.05) is 0 Å². The average Bonchev–Trinajstić information content (AvgIpc) is 2.27. The molecule has 0 N–H and O–H groups in total. The van der Waals surface area contributed by atoms with Crippen LogP contribution in [0.25, 0.3) is 11.1 Å². The van der Waals surface area contributed by atoms with Crippen LogP contribution in [0.1, 0.15) is 5.76 Å². The zero-order chi connectivity index (χ0) is 9.80. The Balaban J connectivity index is 2.86. The second kappa shape index (κ2) is 3.92. The summed E-state index contributed by atoms with van der Waals surface area (Å²) in [5, 5.41) is 0.992. The highest BCUT2D eigenvalue weighted by atomic mass is 16.3. The van der Waals surface area contributed by atoms with Crippen LogP contribution in [0.15, 0.2) is 53.1 Å². The lowest BCUT2D eigenvalue weighted by atomic mass is 10.3. The number of nitrogens with zero attached hydrogens (tertiary/aromatic N) is 1. The predicted octanol–water partition coefficient (Wildman–Crippen LogP) is 3.26. The number of fused-ring (bicyclic) bond motifs is 1. The van der Waals surface area contributed by atoms with Crippen molar-refractivity contribution < 1.29 is 4.42 Å². The van der Waals surface area contributed by atoms with Gasteiger partial charge in [-0.1, -0.05) is 18.2 Å². The van der Waals surface area contributed by atoms with Crippen LogP contribution in [0.5, 0.6) is 0 Å². The third-order valence-electron chi connectivity index (χ3n) is 1.89. The van der Waals surface area contributed by atoms with Gasteiger partial charge >= 0.3 is 0 Å². The maximum atomic E-state index is 5.56. The van der Waals surface area contributed by atoms with Gasteiger partial charge in [-0.2, -0.15) is 0 Å². The monoisotopic (exact) mass is 185 g/mol. The third kappa shape index (κ3) is 1.91. The molecule has 0 amide bonds. The molecule has 0 radical (unpaired) electrons. The molecule has 0 atom stereocenters. The van der Waals surface area contributed by atoms with Crippen molar-refractivity contribution >= 4 is 11.1 Å². The van der Waals surface area contributed by atoms with E-state index in [4.69, 9.17) is 4.42 Å². The molecule has 0 aromatic carbocycles. The molecule has 0 spiro atoms. The van der Waals surface area contributed by atoms with Crippen LogP contribution >= 0.6 is 0 Å². The van der Waals surface area contributed by atoms with E-state index in [0.29, 0.717) is 5.71 Å². The van der Waals surface area contributed by atoms with Crippen LogP contribution in [0, 0.1) is 6.92 Å². The number of rotatable bonds is 0. The van der Waals surface area contributed by atoms with E-state index < -0.39 is 0 Å². The molecule has 2 rings (SSSR count). The van der Waals surface area contributed by atoms with E-state index in [1.807, 2.05) is 49.4 Å². The quantitative estimate of drug-likeness (QED) is 0.629. The molecule has 2 nitrogen and oxygen atoms in total. The molecular formula is C12H11NO. The van der Waals surface area contributed by atoms with E-state index in [1.165, 1.54) is 0 Å². The summed E-state index contributed by atoms with van der Waals surface area (Å²) in [6.07, 6.45) is 1.73. The van der Waals surface area contributed by atoms with Crippen LogP contribution in [0.2, 0.25) is 0 Å². The fourth-order valence-corrected chi connectivity index (χ4v) is 1.22. The second-order valence-corrected chi connectivity index (χ2v) is 3.02. The molecular weight excluding hydrogens is 174 g/mol. The highest BCUT2D eigenvalue weighted by Gasteiger charge is 1.90. The molecule has 0 aliphatic carbocycles. The summed E-state index contributed by atoms with van der Waals surface area (Å²) in [6.45, 7) is 1.91. The van der Waals surface area contributed by atoms with E-state index >= 15 is 0 Å². The molecule has 0 aliphatic heterocycles. The highest BCUT2D eigenvalue weighted by Crippen LogP contribution is 2.08. The summed E-state index contributed by atoms with van der Waals surface area (Å²) in [5.41, 5.74) is 0.654. The lowest BCUT2D eigenvalue weighted by Gasteiger charge is -1.90. The maximum absolute atomic E-state index is 5.56. The standard InChI is InChI=1S/C12H11NO/c1-10-6-3-2-4-7-11-8-5-9-13-12(11)14-10/h2-9H,1H3. The van der Waals surface area contributed by atoms with E-state index in [-0.39, 0.29) is 0 Å². The topological polar surface area (TPSA) is 26.0 Å². The smallest absolute Gasteiger partial charge is 0.226 e. The highest BCUT2D eigenvalue weighted by molar-refractivity contribution is 5.71. The van der Waals surface area contributed by atoms with Crippen LogP contribution in [0.3, 0.4) is 0 Å². The lowest BCUT2D eigenvalue weighted by Crippen LogP contribution is -1.73. The van der Waals surface area contributed by atoms with Gasteiger partial charge in [-0.3, -0.25) is 0 Å². The summed E-state index contributed by atoms with van der Waals surface area (Å²) in [7, 11) is 0. The van der Waals surface area contributed by atoms with E-state index in [1.54, 1.807) is 6.20 Å². The minimum absolute atomic E-state index is 0.654. The summed E-state index contributed by atoms with van der Waals surface area (Å²) in [6, 6.07) is 13.6. The number of hydrogen-bond acceptors (Lipinski definition) is 2. The van der Waals surface area contributed by atoms with Gasteiger partial charge < -0.3 is 4.42 Å². The molecule has 0 bridgehead atoms. The summed E-state index contributed by atoms with van der Waals surface area (Å²) in [4.78, 5) is 4.17. The van der Waals surface area contributed by atoms with Gasteiger partial charge in [-0.15, -0.1) is 0 Å². The number of pyridine rings is 1. The van der Waals surface area contributed by atoms with Gasteiger partial charge in [0.05, 0.1) is 0 Å². The van der Waals surface area contributed by atoms with Gasteiger partial charge in [-0.25, -0.2) is 4.98 Å². The lowest BCUT2D eigenvalue weighted by molar-refractivity contribution is 0.558. The summed E-state index contributed by atoms with van der Waals surface area (Å²) in [5.74, 6) is 0.838. The molecule has 14 heavy (non-hydrogen) atoms. The van der Waals surface area contributed by atoms with E-state index in [2.05, 4.69) is 4.98 Å². The van der Waals surface area contributed by atoms with Crippen molar-refractivity contribution in [3.63, 3.8) is 0 Å². The van der Waals surface area contributed by atoms with Gasteiger partial charge in [0, 0.05) is 11.6 Å². The van der Waals surface area contributed by atoms with Gasteiger partial charge in [0.25, 0.3) is 0 Å². The Morgan fingerprint density at radius 3 is 2.71 bits per heavy atom. The first-order valence-electron chi connectivity index (χ1n) is 4.51. The molecule has 0 fully saturated rings. The van der Waals surface area contributed by atoms with Crippen LogP contribution in [-0.2, 0) is 0 Å². The van der Waals surface area contributed by atoms with E-state index in [0.717, 1.165) is 11.1 Å². The molecule has 0 aliphatic rings. The first-order valence-corrected chi connectivity index (χ1v) is 4.51. The number of aryl methyl sites for hydroxylation is 1. The zero-order valence-corrected chi connectivity index (χ0v) is 7.97. The number of hydrogen-bond donors (Lipinski definition) is 0. The van der Waals surface area contributed by atoms with Gasteiger partial charge in [-0.05, 0) is 31.2 Å². The molecule has 2 aromatic heterocycles. The molecule has 0 saturated heterocycles. The van der Waals surface area contributed by atoms with Crippen molar-refractivity contribution in [1.82, 2.24) is 4.98 Å². The first kappa shape index (κ1) is 8.75. The number of aromatic nitrogens is 1. The van der Waals surface area contributed by atoms with Gasteiger partial charge in [0.2, 0.25) is 5.71 Å². The Morgan fingerprint density at radius 2 is 1.79 bits per heavy atom. The fraction of sp³-hybridized carbons (Fsp3) is 0.0833. The Morgan fingerprint density at radius 1 is 1.00 bits per heavy atom. The average molecular weight is 185 g/mol. The van der Waals surface area contributed by atoms with Crippen molar-refractivity contribution in [2.24, 2.45) is 0 Å². The molecule has 70 valence electrons. The van der Waals surface area contributed by atoms with Crippen LogP contribution < -0.4 is 0 Å². The maximum Gasteiger partial charge on any atom is 0.226 e.